The van der Waals surface area contributed by atoms with Gasteiger partial charge in [-0.25, -0.2) is 0 Å². The smallest absolute Gasteiger partial charge is 0.122 e. The van der Waals surface area contributed by atoms with Crippen LogP contribution >= 0.6 is 0 Å². The fraction of sp³-hybridized carbons (Fsp3) is 0.538. The average molecular weight is 237 g/mol. The summed E-state index contributed by atoms with van der Waals surface area (Å²) in [4.78, 5) is 0. The van der Waals surface area contributed by atoms with Gasteiger partial charge in [0.2, 0.25) is 0 Å². The molecule has 17 heavy (non-hydrogen) atoms. The van der Waals surface area contributed by atoms with Gasteiger partial charge in [-0.2, -0.15) is 0 Å². The summed E-state index contributed by atoms with van der Waals surface area (Å²) in [7, 11) is 0. The third-order valence-electron chi connectivity index (χ3n) is 2.48. The van der Waals surface area contributed by atoms with Gasteiger partial charge in [-0.15, -0.1) is 0 Å². The molecule has 0 aromatic heterocycles. The topological polar surface area (TPSA) is 73.3 Å². The van der Waals surface area contributed by atoms with E-state index in [0.717, 1.165) is 30.8 Å². The lowest BCUT2D eigenvalue weighted by Crippen LogP contribution is -2.37. The fourth-order valence-corrected chi connectivity index (χ4v) is 1.71. The molecule has 0 aliphatic heterocycles. The first-order chi connectivity index (χ1) is 8.27. The van der Waals surface area contributed by atoms with Gasteiger partial charge in [0.15, 0.2) is 0 Å². The van der Waals surface area contributed by atoms with E-state index < -0.39 is 0 Å². The van der Waals surface area contributed by atoms with E-state index in [2.05, 4.69) is 11.4 Å². The molecule has 0 saturated heterocycles. The molecule has 0 spiro atoms. The zero-order valence-electron chi connectivity index (χ0n) is 10.5. The third kappa shape index (κ3) is 5.17. The van der Waals surface area contributed by atoms with Crippen molar-refractivity contribution in [2.24, 2.45) is 11.5 Å². The van der Waals surface area contributed by atoms with Crippen LogP contribution < -0.4 is 21.5 Å². The van der Waals surface area contributed by atoms with Crippen LogP contribution in [0.5, 0.6) is 5.75 Å². The lowest BCUT2D eigenvalue weighted by Gasteiger charge is -2.15. The van der Waals surface area contributed by atoms with E-state index in [1.54, 1.807) is 0 Å². The van der Waals surface area contributed by atoms with Crippen LogP contribution in [0.2, 0.25) is 0 Å². The molecule has 4 heteroatoms. The molecule has 0 heterocycles. The highest BCUT2D eigenvalue weighted by Gasteiger charge is 2.08. The van der Waals surface area contributed by atoms with E-state index in [1.165, 1.54) is 0 Å². The first kappa shape index (κ1) is 14.0. The zero-order chi connectivity index (χ0) is 12.5. The number of nitrogens with one attached hydrogen (secondary N) is 1. The number of rotatable bonds is 8. The van der Waals surface area contributed by atoms with Crippen molar-refractivity contribution in [3.63, 3.8) is 0 Å². The second-order valence-electron chi connectivity index (χ2n) is 4.00. The molecule has 1 aromatic rings. The second-order valence-corrected chi connectivity index (χ2v) is 4.00. The van der Waals surface area contributed by atoms with Crippen molar-refractivity contribution >= 4 is 0 Å². The van der Waals surface area contributed by atoms with Crippen LogP contribution in [0, 0.1) is 0 Å². The number of ether oxygens (including phenoxy) is 1. The van der Waals surface area contributed by atoms with Crippen LogP contribution in [0.1, 0.15) is 12.5 Å². The van der Waals surface area contributed by atoms with Crippen LogP contribution in [-0.4, -0.2) is 32.3 Å². The van der Waals surface area contributed by atoms with Crippen LogP contribution in [0.15, 0.2) is 24.3 Å². The van der Waals surface area contributed by atoms with E-state index >= 15 is 0 Å². The van der Waals surface area contributed by atoms with Gasteiger partial charge >= 0.3 is 0 Å². The molecule has 0 bridgehead atoms. The molecule has 1 rings (SSSR count). The summed E-state index contributed by atoms with van der Waals surface area (Å²) in [6.07, 6.45) is 0.813. The SMILES string of the molecule is CCOc1ccccc1CC(N)CNCCN. The summed E-state index contributed by atoms with van der Waals surface area (Å²) in [6, 6.07) is 8.13. The Hall–Kier alpha value is -1.10. The summed E-state index contributed by atoms with van der Waals surface area (Å²) in [5.41, 5.74) is 12.6. The molecule has 5 N–H and O–H groups in total. The number of hydrogen-bond donors (Lipinski definition) is 3. The normalized spacial score (nSPS) is 12.4. The lowest BCUT2D eigenvalue weighted by atomic mass is 10.1. The molecule has 1 unspecified atom stereocenters. The predicted octanol–water partition coefficient (Wildman–Crippen LogP) is 0.503. The molecule has 0 saturated carbocycles. The van der Waals surface area contributed by atoms with Crippen molar-refractivity contribution in [1.82, 2.24) is 5.32 Å². The maximum Gasteiger partial charge on any atom is 0.122 e. The van der Waals surface area contributed by atoms with Gasteiger partial charge in [0.25, 0.3) is 0 Å². The molecule has 4 nitrogen and oxygen atoms in total. The predicted molar refractivity (Wildman–Crippen MR) is 71.2 cm³/mol. The molecule has 0 radical (unpaired) electrons. The molecule has 1 aromatic carbocycles. The van der Waals surface area contributed by atoms with E-state index in [1.807, 2.05) is 25.1 Å². The summed E-state index contributed by atoms with van der Waals surface area (Å²) < 4.78 is 5.57. The van der Waals surface area contributed by atoms with Gasteiger partial charge in [0.05, 0.1) is 6.61 Å². The molecule has 0 fully saturated rings. The number of nitrogens with two attached hydrogens (primary N) is 2. The highest BCUT2D eigenvalue weighted by Crippen LogP contribution is 2.18. The van der Waals surface area contributed by atoms with Crippen LogP contribution in [-0.2, 0) is 6.42 Å². The van der Waals surface area contributed by atoms with Gasteiger partial charge < -0.3 is 21.5 Å². The molecule has 96 valence electrons. The molecule has 0 amide bonds. The monoisotopic (exact) mass is 237 g/mol. The second kappa shape index (κ2) is 8.06. The highest BCUT2D eigenvalue weighted by atomic mass is 16.5. The van der Waals surface area contributed by atoms with Crippen molar-refractivity contribution in [2.75, 3.05) is 26.2 Å². The highest BCUT2D eigenvalue weighted by molar-refractivity contribution is 5.33. The average Bonchev–Trinajstić information content (AvgIpc) is 2.32. The van der Waals surface area contributed by atoms with E-state index in [9.17, 15) is 0 Å². The summed E-state index contributed by atoms with van der Waals surface area (Å²) >= 11 is 0. The fourth-order valence-electron chi connectivity index (χ4n) is 1.71. The molecular formula is C13H23N3O. The number of para-hydroxylation sites is 1. The third-order valence-corrected chi connectivity index (χ3v) is 2.48. The Bertz CT molecular complexity index is 317. The maximum absolute atomic E-state index is 6.05. The van der Waals surface area contributed by atoms with Crippen LogP contribution in [0.3, 0.4) is 0 Å². The Kier molecular flexibility index (Phi) is 6.62. The van der Waals surface area contributed by atoms with E-state index in [4.69, 9.17) is 16.2 Å². The summed E-state index contributed by atoms with van der Waals surface area (Å²) in [5, 5.41) is 3.22. The zero-order valence-corrected chi connectivity index (χ0v) is 10.5. The first-order valence-corrected chi connectivity index (χ1v) is 6.15. The van der Waals surface area contributed by atoms with Crippen molar-refractivity contribution < 1.29 is 4.74 Å². The standard InChI is InChI=1S/C13H23N3O/c1-2-17-13-6-4-3-5-11(13)9-12(15)10-16-8-7-14/h3-6,12,16H,2,7-10,14-15H2,1H3. The van der Waals surface area contributed by atoms with Crippen molar-refractivity contribution in [2.45, 2.75) is 19.4 Å². The van der Waals surface area contributed by atoms with Crippen LogP contribution in [0.25, 0.3) is 0 Å². The summed E-state index contributed by atoms with van der Waals surface area (Å²) in [5.74, 6) is 0.935. The number of hydrogen-bond acceptors (Lipinski definition) is 4. The van der Waals surface area contributed by atoms with E-state index in [0.29, 0.717) is 13.2 Å². The Morgan fingerprint density at radius 1 is 1.35 bits per heavy atom. The lowest BCUT2D eigenvalue weighted by molar-refractivity contribution is 0.335. The Labute approximate surface area is 103 Å². The van der Waals surface area contributed by atoms with Gasteiger partial charge in [-0.1, -0.05) is 18.2 Å². The Morgan fingerprint density at radius 2 is 2.12 bits per heavy atom. The first-order valence-electron chi connectivity index (χ1n) is 6.15. The van der Waals surface area contributed by atoms with Crippen molar-refractivity contribution in [1.29, 1.82) is 0 Å². The number of benzene rings is 1. The molecule has 1 atom stereocenters. The quantitative estimate of drug-likeness (QED) is 0.576. The van der Waals surface area contributed by atoms with E-state index in [-0.39, 0.29) is 6.04 Å². The minimum absolute atomic E-state index is 0.0863. The minimum atomic E-state index is 0.0863. The van der Waals surface area contributed by atoms with Gasteiger partial charge in [0, 0.05) is 25.7 Å². The largest absolute Gasteiger partial charge is 0.494 e. The van der Waals surface area contributed by atoms with Crippen molar-refractivity contribution in [3.8, 4) is 5.75 Å². The molecule has 0 aliphatic carbocycles. The van der Waals surface area contributed by atoms with Gasteiger partial charge in [-0.05, 0) is 25.0 Å². The van der Waals surface area contributed by atoms with Crippen molar-refractivity contribution in [3.05, 3.63) is 29.8 Å². The van der Waals surface area contributed by atoms with Gasteiger partial charge in [0.1, 0.15) is 5.75 Å². The minimum Gasteiger partial charge on any atom is -0.494 e. The van der Waals surface area contributed by atoms with Crippen LogP contribution in [0.4, 0.5) is 0 Å². The van der Waals surface area contributed by atoms with Gasteiger partial charge in [-0.3, -0.25) is 0 Å². The maximum atomic E-state index is 6.05. The molecular weight excluding hydrogens is 214 g/mol. The Morgan fingerprint density at radius 3 is 2.82 bits per heavy atom. The summed E-state index contributed by atoms with van der Waals surface area (Å²) in [6.45, 7) is 4.89. The molecule has 0 aliphatic rings. The Balaban J connectivity index is 2.48.